The fourth-order valence-electron chi connectivity index (χ4n) is 2.70. The van der Waals surface area contributed by atoms with E-state index in [1.807, 2.05) is 6.07 Å². The summed E-state index contributed by atoms with van der Waals surface area (Å²) in [6.07, 6.45) is 2.97. The third kappa shape index (κ3) is 2.79. The third-order valence-electron chi connectivity index (χ3n) is 3.98. The molecule has 0 aliphatic carbocycles. The Bertz CT molecular complexity index is 1120. The lowest BCUT2D eigenvalue weighted by atomic mass is 10.1. The first-order chi connectivity index (χ1) is 12.6. The van der Waals surface area contributed by atoms with Crippen molar-refractivity contribution in [3.63, 3.8) is 0 Å². The highest BCUT2D eigenvalue weighted by Crippen LogP contribution is 2.25. The highest BCUT2D eigenvalue weighted by Gasteiger charge is 2.14. The topological polar surface area (TPSA) is 72.7 Å². The van der Waals surface area contributed by atoms with Crippen molar-refractivity contribution in [3.05, 3.63) is 72.4 Å². The molecule has 0 aliphatic heterocycles. The Morgan fingerprint density at radius 3 is 2.77 bits per heavy atom. The Labute approximate surface area is 148 Å². The Kier molecular flexibility index (Phi) is 3.89. The molecule has 7 heteroatoms. The van der Waals surface area contributed by atoms with Gasteiger partial charge < -0.3 is 5.32 Å². The predicted octanol–water partition coefficient (Wildman–Crippen LogP) is 3.90. The first kappa shape index (κ1) is 15.9. The van der Waals surface area contributed by atoms with Gasteiger partial charge in [-0.05, 0) is 31.2 Å². The molecule has 0 atom stereocenters. The molecular formula is C19H14FN5O. The first-order valence-corrected chi connectivity index (χ1v) is 7.95. The second-order valence-electron chi connectivity index (χ2n) is 5.73. The van der Waals surface area contributed by atoms with Gasteiger partial charge in [0, 0.05) is 11.3 Å². The van der Waals surface area contributed by atoms with E-state index in [1.54, 1.807) is 42.6 Å². The van der Waals surface area contributed by atoms with Gasteiger partial charge in [0.1, 0.15) is 23.6 Å². The summed E-state index contributed by atoms with van der Waals surface area (Å²) in [7, 11) is 0. The summed E-state index contributed by atoms with van der Waals surface area (Å²) < 4.78 is 15.5. The Morgan fingerprint density at radius 2 is 1.96 bits per heavy atom. The maximum absolute atomic E-state index is 14.1. The van der Waals surface area contributed by atoms with Crippen molar-refractivity contribution >= 4 is 28.3 Å². The maximum Gasteiger partial charge on any atom is 0.168 e. The molecule has 26 heavy (non-hydrogen) atoms. The summed E-state index contributed by atoms with van der Waals surface area (Å²) >= 11 is 0. The van der Waals surface area contributed by atoms with Crippen LogP contribution in [0.15, 0.2) is 61.1 Å². The van der Waals surface area contributed by atoms with Gasteiger partial charge in [0.15, 0.2) is 11.4 Å². The van der Waals surface area contributed by atoms with E-state index in [2.05, 4.69) is 20.4 Å². The normalized spacial score (nSPS) is 10.8. The lowest BCUT2D eigenvalue weighted by Crippen LogP contribution is -2.02. The van der Waals surface area contributed by atoms with Gasteiger partial charge in [0.05, 0.1) is 11.6 Å². The number of benzene rings is 2. The zero-order valence-corrected chi connectivity index (χ0v) is 13.8. The Hall–Kier alpha value is -3.61. The van der Waals surface area contributed by atoms with E-state index in [9.17, 15) is 9.18 Å². The van der Waals surface area contributed by atoms with Crippen molar-refractivity contribution in [1.29, 1.82) is 0 Å². The molecule has 2 heterocycles. The summed E-state index contributed by atoms with van der Waals surface area (Å²) in [5.41, 5.74) is 2.11. The average Bonchev–Trinajstić information content (AvgIpc) is 3.07. The van der Waals surface area contributed by atoms with Crippen LogP contribution in [0.3, 0.4) is 0 Å². The minimum absolute atomic E-state index is 0.0196. The van der Waals surface area contributed by atoms with Crippen molar-refractivity contribution in [2.45, 2.75) is 6.92 Å². The van der Waals surface area contributed by atoms with Crippen LogP contribution in [0, 0.1) is 5.82 Å². The molecule has 2 aromatic carbocycles. The zero-order chi connectivity index (χ0) is 18.1. The second kappa shape index (κ2) is 6.36. The van der Waals surface area contributed by atoms with Gasteiger partial charge >= 0.3 is 0 Å². The summed E-state index contributed by atoms with van der Waals surface area (Å²) in [5.74, 6) is 0.118. The Morgan fingerprint density at radius 1 is 1.12 bits per heavy atom. The maximum atomic E-state index is 14.1. The average molecular weight is 347 g/mol. The molecule has 0 aliphatic rings. The number of hydrogen-bond acceptors (Lipinski definition) is 5. The molecule has 0 amide bonds. The predicted molar refractivity (Wildman–Crippen MR) is 96.3 cm³/mol. The molecule has 6 nitrogen and oxygen atoms in total. The largest absolute Gasteiger partial charge is 0.339 e. The minimum Gasteiger partial charge on any atom is -0.339 e. The minimum atomic E-state index is -0.389. The van der Waals surface area contributed by atoms with E-state index in [1.165, 1.54) is 24.0 Å². The van der Waals surface area contributed by atoms with Crippen molar-refractivity contribution < 1.29 is 9.18 Å². The lowest BCUT2D eigenvalue weighted by Gasteiger charge is -2.08. The number of para-hydroxylation sites is 1. The fraction of sp³-hybridized carbons (Fsp3) is 0.0526. The molecule has 0 saturated carbocycles. The van der Waals surface area contributed by atoms with Gasteiger partial charge in [-0.3, -0.25) is 4.79 Å². The number of anilines is 2. The molecule has 128 valence electrons. The van der Waals surface area contributed by atoms with Gasteiger partial charge in [-0.2, -0.15) is 5.10 Å². The van der Waals surface area contributed by atoms with Crippen LogP contribution in [0.25, 0.3) is 16.7 Å². The monoisotopic (exact) mass is 347 g/mol. The van der Waals surface area contributed by atoms with E-state index < -0.39 is 0 Å². The number of Topliss-reactive ketones (excluding diaryl/α,β-unsaturated/α-hetero) is 1. The van der Waals surface area contributed by atoms with Gasteiger partial charge in [-0.1, -0.05) is 24.3 Å². The quantitative estimate of drug-likeness (QED) is 0.567. The van der Waals surface area contributed by atoms with E-state index >= 15 is 0 Å². The molecule has 1 N–H and O–H groups in total. The fourth-order valence-corrected chi connectivity index (χ4v) is 2.70. The summed E-state index contributed by atoms with van der Waals surface area (Å²) in [6.45, 7) is 1.51. The van der Waals surface area contributed by atoms with E-state index in [-0.39, 0.29) is 11.6 Å². The van der Waals surface area contributed by atoms with Crippen molar-refractivity contribution in [2.24, 2.45) is 0 Å². The molecule has 0 bridgehead atoms. The van der Waals surface area contributed by atoms with Crippen molar-refractivity contribution in [2.75, 3.05) is 5.32 Å². The number of ketones is 1. The molecule has 0 unspecified atom stereocenters. The van der Waals surface area contributed by atoms with Crippen molar-refractivity contribution in [1.82, 2.24) is 19.7 Å². The number of carbonyl (C=O) groups excluding carboxylic acids is 1. The summed E-state index contributed by atoms with van der Waals surface area (Å²) in [5, 5.41) is 8.07. The van der Waals surface area contributed by atoms with Crippen LogP contribution < -0.4 is 5.32 Å². The second-order valence-corrected chi connectivity index (χ2v) is 5.73. The van der Waals surface area contributed by atoms with Crippen LogP contribution in [-0.4, -0.2) is 25.5 Å². The number of halogens is 1. The number of aromatic nitrogens is 4. The van der Waals surface area contributed by atoms with Crippen LogP contribution in [0.5, 0.6) is 0 Å². The van der Waals surface area contributed by atoms with Gasteiger partial charge in [-0.15, -0.1) is 0 Å². The Balaban J connectivity index is 1.77. The van der Waals surface area contributed by atoms with Crippen LogP contribution in [0.4, 0.5) is 15.9 Å². The first-order valence-electron chi connectivity index (χ1n) is 7.95. The number of fused-ring (bicyclic) bond motifs is 1. The molecule has 4 rings (SSSR count). The van der Waals surface area contributed by atoms with E-state index in [0.717, 1.165) is 5.69 Å². The number of hydrogen-bond donors (Lipinski definition) is 1. The van der Waals surface area contributed by atoms with Crippen LogP contribution >= 0.6 is 0 Å². The summed E-state index contributed by atoms with van der Waals surface area (Å²) in [4.78, 5) is 20.0. The van der Waals surface area contributed by atoms with Crippen molar-refractivity contribution in [3.8, 4) is 5.69 Å². The third-order valence-corrected chi connectivity index (χ3v) is 3.98. The van der Waals surface area contributed by atoms with E-state index in [4.69, 9.17) is 0 Å². The van der Waals surface area contributed by atoms with E-state index in [0.29, 0.717) is 28.1 Å². The highest BCUT2D eigenvalue weighted by atomic mass is 19.1. The zero-order valence-electron chi connectivity index (χ0n) is 13.8. The molecule has 2 aromatic heterocycles. The van der Waals surface area contributed by atoms with Gasteiger partial charge in [-0.25, -0.2) is 19.0 Å². The molecule has 4 aromatic rings. The van der Waals surface area contributed by atoms with Gasteiger partial charge in [0.2, 0.25) is 0 Å². The number of rotatable bonds is 4. The highest BCUT2D eigenvalue weighted by molar-refractivity contribution is 5.95. The number of nitrogens with zero attached hydrogens (tertiary/aromatic N) is 4. The smallest absolute Gasteiger partial charge is 0.168 e. The number of nitrogens with one attached hydrogen (secondary N) is 1. The SMILES string of the molecule is CC(=O)c1cccc(Nc2ncnc3c2cnn3-c2ccccc2F)c1. The molecule has 0 radical (unpaired) electrons. The van der Waals surface area contributed by atoms with Crippen LogP contribution in [0.2, 0.25) is 0 Å². The van der Waals surface area contributed by atoms with Crippen LogP contribution in [-0.2, 0) is 0 Å². The molecule has 0 fully saturated rings. The standard InChI is InChI=1S/C19H14FN5O/c1-12(26)13-5-4-6-14(9-13)24-18-15-10-23-25(19(15)22-11-21-18)17-8-3-2-7-16(17)20/h2-11H,1H3,(H,21,22,24). The summed E-state index contributed by atoms with van der Waals surface area (Å²) in [6, 6.07) is 13.5. The van der Waals surface area contributed by atoms with Crippen LogP contribution in [0.1, 0.15) is 17.3 Å². The molecular weight excluding hydrogens is 333 g/mol. The molecule has 0 spiro atoms. The lowest BCUT2D eigenvalue weighted by molar-refractivity contribution is 0.101. The van der Waals surface area contributed by atoms with Gasteiger partial charge in [0.25, 0.3) is 0 Å². The number of carbonyl (C=O) groups is 1. The molecule has 0 saturated heterocycles.